The number of aryl methyl sites for hydroxylation is 1. The molecular weight excluding hydrogens is 148 g/mol. The van der Waals surface area contributed by atoms with Crippen molar-refractivity contribution in [1.29, 1.82) is 0 Å². The number of hydrogen-bond acceptors (Lipinski definition) is 1. The quantitative estimate of drug-likeness (QED) is 0.581. The van der Waals surface area contributed by atoms with E-state index in [0.29, 0.717) is 6.10 Å². The van der Waals surface area contributed by atoms with Gasteiger partial charge in [-0.2, -0.15) is 0 Å². The molecule has 1 nitrogen and oxygen atoms in total. The van der Waals surface area contributed by atoms with E-state index in [1.807, 2.05) is 6.07 Å². The van der Waals surface area contributed by atoms with Crippen LogP contribution in [0.25, 0.3) is 0 Å². The Morgan fingerprint density at radius 2 is 1.83 bits per heavy atom. The number of ether oxygens (including phenoxy) is 1. The molecule has 1 atom stereocenters. The van der Waals surface area contributed by atoms with Crippen LogP contribution in [0.4, 0.5) is 0 Å². The normalized spacial score (nSPS) is 19.3. The van der Waals surface area contributed by atoms with Crippen molar-refractivity contribution in [2.75, 3.05) is 6.61 Å². The molecule has 1 heteroatoms. The molecule has 1 fully saturated rings. The summed E-state index contributed by atoms with van der Waals surface area (Å²) in [4.78, 5) is 0. The van der Waals surface area contributed by atoms with E-state index in [0.717, 1.165) is 13.0 Å². The first-order valence-electron chi connectivity index (χ1n) is 4.48. The van der Waals surface area contributed by atoms with Crippen LogP contribution in [0.2, 0.25) is 0 Å². The van der Waals surface area contributed by atoms with Crippen LogP contribution in [0, 0.1) is 0 Å². The van der Waals surface area contributed by atoms with Crippen molar-refractivity contribution in [2.45, 2.75) is 26.4 Å². The van der Waals surface area contributed by atoms with Gasteiger partial charge in [-0.15, -0.1) is 0 Å². The summed E-state index contributed by atoms with van der Waals surface area (Å²) in [5.41, 5.74) is 1.41. The van der Waals surface area contributed by atoms with Crippen LogP contribution in [0.1, 0.15) is 19.4 Å². The molecule has 1 aromatic rings. The van der Waals surface area contributed by atoms with Crippen LogP contribution in [0.3, 0.4) is 0 Å². The highest BCUT2D eigenvalue weighted by molar-refractivity contribution is 5.13. The highest BCUT2D eigenvalue weighted by Crippen LogP contribution is 2.04. The molecule has 1 heterocycles. The Morgan fingerprint density at radius 1 is 1.33 bits per heavy atom. The molecule has 0 amide bonds. The standard InChI is InChI=1S/C8H10.C3H6O/c1-2-8-6-4-3-5-7-8;1-3-2-4-3/h3-7H,2H2,1H3;3H,2H2,1H3. The second-order valence-electron chi connectivity index (χ2n) is 2.98. The maximum atomic E-state index is 4.71. The van der Waals surface area contributed by atoms with Crippen LogP contribution >= 0.6 is 0 Å². The van der Waals surface area contributed by atoms with E-state index >= 15 is 0 Å². The maximum Gasteiger partial charge on any atom is 0.0781 e. The van der Waals surface area contributed by atoms with Crippen LogP contribution in [0.5, 0.6) is 0 Å². The average Bonchev–Trinajstić information content (AvgIpc) is 2.90. The summed E-state index contributed by atoms with van der Waals surface area (Å²) in [5.74, 6) is 0. The van der Waals surface area contributed by atoms with Crippen molar-refractivity contribution in [3.05, 3.63) is 35.9 Å². The lowest BCUT2D eigenvalue weighted by Crippen LogP contribution is -1.73. The Morgan fingerprint density at radius 3 is 2.08 bits per heavy atom. The number of benzene rings is 1. The third-order valence-electron chi connectivity index (χ3n) is 1.75. The van der Waals surface area contributed by atoms with Crippen molar-refractivity contribution >= 4 is 0 Å². The van der Waals surface area contributed by atoms with Gasteiger partial charge in [0.05, 0.1) is 12.7 Å². The number of epoxide rings is 1. The third-order valence-corrected chi connectivity index (χ3v) is 1.75. The summed E-state index contributed by atoms with van der Waals surface area (Å²) in [7, 11) is 0. The summed E-state index contributed by atoms with van der Waals surface area (Å²) in [6.07, 6.45) is 1.72. The van der Waals surface area contributed by atoms with E-state index in [4.69, 9.17) is 4.74 Å². The largest absolute Gasteiger partial charge is 0.373 e. The fraction of sp³-hybridized carbons (Fsp3) is 0.455. The lowest BCUT2D eigenvalue weighted by atomic mass is 10.2. The fourth-order valence-electron chi connectivity index (χ4n) is 0.810. The van der Waals surface area contributed by atoms with Crippen LogP contribution in [-0.2, 0) is 11.2 Å². The lowest BCUT2D eigenvalue weighted by Gasteiger charge is -1.89. The Bertz CT molecular complexity index is 202. The van der Waals surface area contributed by atoms with Crippen molar-refractivity contribution in [1.82, 2.24) is 0 Å². The van der Waals surface area contributed by atoms with E-state index in [2.05, 4.69) is 38.1 Å². The van der Waals surface area contributed by atoms with Gasteiger partial charge >= 0.3 is 0 Å². The second-order valence-corrected chi connectivity index (χ2v) is 2.98. The Hall–Kier alpha value is -0.820. The molecule has 0 spiro atoms. The molecule has 0 bridgehead atoms. The van der Waals surface area contributed by atoms with Gasteiger partial charge in [-0.05, 0) is 18.9 Å². The van der Waals surface area contributed by atoms with Crippen LogP contribution in [0.15, 0.2) is 30.3 Å². The average molecular weight is 164 g/mol. The highest BCUT2D eigenvalue weighted by atomic mass is 16.6. The zero-order chi connectivity index (χ0) is 8.81. The summed E-state index contributed by atoms with van der Waals surface area (Å²) >= 11 is 0. The molecule has 0 aliphatic carbocycles. The van der Waals surface area contributed by atoms with Gasteiger partial charge < -0.3 is 4.74 Å². The minimum absolute atomic E-state index is 0.583. The SMILES string of the molecule is CC1CO1.CCc1ccccc1. The van der Waals surface area contributed by atoms with Gasteiger partial charge in [-0.25, -0.2) is 0 Å². The van der Waals surface area contributed by atoms with Crippen molar-refractivity contribution in [2.24, 2.45) is 0 Å². The number of rotatable bonds is 1. The van der Waals surface area contributed by atoms with Crippen molar-refractivity contribution in [3.63, 3.8) is 0 Å². The monoisotopic (exact) mass is 164 g/mol. The first-order chi connectivity index (χ1) is 5.83. The van der Waals surface area contributed by atoms with E-state index in [1.165, 1.54) is 5.56 Å². The third kappa shape index (κ3) is 4.14. The summed E-state index contributed by atoms with van der Waals surface area (Å²) in [6.45, 7) is 5.20. The predicted octanol–water partition coefficient (Wildman–Crippen LogP) is 2.65. The van der Waals surface area contributed by atoms with Gasteiger partial charge in [-0.1, -0.05) is 37.3 Å². The smallest absolute Gasteiger partial charge is 0.0781 e. The summed E-state index contributed by atoms with van der Waals surface area (Å²) in [5, 5.41) is 0. The van der Waals surface area contributed by atoms with Crippen LogP contribution < -0.4 is 0 Å². The molecule has 1 aliphatic heterocycles. The van der Waals surface area contributed by atoms with Crippen LogP contribution in [-0.4, -0.2) is 12.7 Å². The number of hydrogen-bond donors (Lipinski definition) is 0. The fourth-order valence-corrected chi connectivity index (χ4v) is 0.810. The molecule has 12 heavy (non-hydrogen) atoms. The van der Waals surface area contributed by atoms with Gasteiger partial charge in [0.15, 0.2) is 0 Å². The van der Waals surface area contributed by atoms with Crippen molar-refractivity contribution in [3.8, 4) is 0 Å². The van der Waals surface area contributed by atoms with Gasteiger partial charge in [-0.3, -0.25) is 0 Å². The van der Waals surface area contributed by atoms with Crippen molar-refractivity contribution < 1.29 is 4.74 Å². The first kappa shape index (κ1) is 9.27. The Balaban J connectivity index is 0.000000150. The molecular formula is C11H16O. The zero-order valence-corrected chi connectivity index (χ0v) is 7.79. The first-order valence-corrected chi connectivity index (χ1v) is 4.48. The second kappa shape index (κ2) is 4.94. The minimum atomic E-state index is 0.583. The van der Waals surface area contributed by atoms with Gasteiger partial charge in [0.2, 0.25) is 0 Å². The topological polar surface area (TPSA) is 12.5 Å². The van der Waals surface area contributed by atoms with Gasteiger partial charge in [0.25, 0.3) is 0 Å². The minimum Gasteiger partial charge on any atom is -0.373 e. The molecule has 1 aliphatic rings. The van der Waals surface area contributed by atoms with Gasteiger partial charge in [0.1, 0.15) is 0 Å². The van der Waals surface area contributed by atoms with E-state index in [9.17, 15) is 0 Å². The lowest BCUT2D eigenvalue weighted by molar-refractivity contribution is 0.423. The molecule has 0 aromatic heterocycles. The summed E-state index contributed by atoms with van der Waals surface area (Å²) in [6, 6.07) is 10.5. The van der Waals surface area contributed by atoms with E-state index in [1.54, 1.807) is 0 Å². The maximum absolute atomic E-state index is 4.71. The Labute approximate surface area is 74.4 Å². The molecule has 0 N–H and O–H groups in total. The predicted molar refractivity (Wildman–Crippen MR) is 51.2 cm³/mol. The Kier molecular flexibility index (Phi) is 3.81. The molecule has 66 valence electrons. The molecule has 1 saturated heterocycles. The zero-order valence-electron chi connectivity index (χ0n) is 7.79. The highest BCUT2D eigenvalue weighted by Gasteiger charge is 2.13. The molecule has 1 aromatic carbocycles. The summed E-state index contributed by atoms with van der Waals surface area (Å²) < 4.78 is 4.71. The van der Waals surface area contributed by atoms with Gasteiger partial charge in [0, 0.05) is 0 Å². The molecule has 1 unspecified atom stereocenters. The molecule has 0 radical (unpaired) electrons. The van der Waals surface area contributed by atoms with E-state index in [-0.39, 0.29) is 0 Å². The molecule has 0 saturated carbocycles. The molecule has 2 rings (SSSR count). The van der Waals surface area contributed by atoms with E-state index < -0.39 is 0 Å².